The second-order valence-corrected chi connectivity index (χ2v) is 8.52. The van der Waals surface area contributed by atoms with Crippen molar-refractivity contribution in [2.75, 3.05) is 26.8 Å². The van der Waals surface area contributed by atoms with Crippen molar-refractivity contribution < 1.29 is 13.2 Å². The van der Waals surface area contributed by atoms with Gasteiger partial charge in [0.05, 0.1) is 6.61 Å². The maximum atomic E-state index is 12.7. The molecule has 0 aromatic carbocycles. The van der Waals surface area contributed by atoms with Crippen LogP contribution in [0.4, 0.5) is 0 Å². The fourth-order valence-corrected chi connectivity index (χ4v) is 5.26. The number of hydrogen-bond donors (Lipinski definition) is 1. The van der Waals surface area contributed by atoms with Crippen molar-refractivity contribution in [3.63, 3.8) is 0 Å². The lowest BCUT2D eigenvalue weighted by atomic mass is 10.4. The van der Waals surface area contributed by atoms with E-state index >= 15 is 0 Å². The topological polar surface area (TPSA) is 58.6 Å². The van der Waals surface area contributed by atoms with E-state index in [2.05, 4.69) is 12.2 Å². The van der Waals surface area contributed by atoms with E-state index in [1.807, 2.05) is 6.07 Å². The van der Waals surface area contributed by atoms with E-state index in [1.54, 1.807) is 17.5 Å². The summed E-state index contributed by atoms with van der Waals surface area (Å²) in [6.07, 6.45) is 2.99. The van der Waals surface area contributed by atoms with Crippen LogP contribution in [0.15, 0.2) is 16.3 Å². The zero-order valence-corrected chi connectivity index (χ0v) is 14.3. The number of nitrogens with one attached hydrogen (secondary N) is 1. The van der Waals surface area contributed by atoms with E-state index in [1.165, 1.54) is 11.3 Å². The molecule has 1 aliphatic carbocycles. The molecular weight excluding hydrogens is 308 g/mol. The van der Waals surface area contributed by atoms with Crippen molar-refractivity contribution in [1.29, 1.82) is 0 Å². The number of nitrogens with zero attached hydrogens (tertiary/aromatic N) is 1. The predicted octanol–water partition coefficient (Wildman–Crippen LogP) is 2.05. The molecule has 1 heterocycles. The molecule has 120 valence electrons. The summed E-state index contributed by atoms with van der Waals surface area (Å²) in [6.45, 7) is 4.66. The molecule has 1 aromatic rings. The second-order valence-electron chi connectivity index (χ2n) is 5.24. The van der Waals surface area contributed by atoms with Gasteiger partial charge in [0, 0.05) is 31.1 Å². The van der Waals surface area contributed by atoms with Crippen LogP contribution in [-0.4, -0.2) is 45.6 Å². The van der Waals surface area contributed by atoms with Crippen LogP contribution in [-0.2, 0) is 21.3 Å². The fourth-order valence-electron chi connectivity index (χ4n) is 2.14. The minimum absolute atomic E-state index is 0.161. The summed E-state index contributed by atoms with van der Waals surface area (Å²) < 4.78 is 32.5. The zero-order chi connectivity index (χ0) is 15.3. The summed E-state index contributed by atoms with van der Waals surface area (Å²) >= 11 is 1.36. The Bertz CT molecular complexity index is 538. The number of sulfonamides is 1. The molecule has 0 bridgehead atoms. The van der Waals surface area contributed by atoms with E-state index in [-0.39, 0.29) is 6.04 Å². The highest BCUT2D eigenvalue weighted by molar-refractivity contribution is 7.91. The van der Waals surface area contributed by atoms with Crippen LogP contribution in [0, 0.1) is 0 Å². The molecule has 0 spiro atoms. The highest BCUT2D eigenvalue weighted by Crippen LogP contribution is 2.34. The van der Waals surface area contributed by atoms with Crippen LogP contribution < -0.4 is 5.32 Å². The molecule has 1 N–H and O–H groups in total. The van der Waals surface area contributed by atoms with E-state index < -0.39 is 10.0 Å². The van der Waals surface area contributed by atoms with Gasteiger partial charge in [-0.1, -0.05) is 6.92 Å². The number of rotatable bonds is 10. The normalized spacial score (nSPS) is 15.8. The van der Waals surface area contributed by atoms with E-state index in [0.717, 1.165) is 37.2 Å². The summed E-state index contributed by atoms with van der Waals surface area (Å²) in [7, 11) is -1.78. The van der Waals surface area contributed by atoms with Gasteiger partial charge in [0.1, 0.15) is 4.21 Å². The van der Waals surface area contributed by atoms with Crippen molar-refractivity contribution in [2.45, 2.75) is 43.0 Å². The van der Waals surface area contributed by atoms with Gasteiger partial charge in [0.25, 0.3) is 10.0 Å². The molecule has 0 aliphatic heterocycles. The van der Waals surface area contributed by atoms with Crippen LogP contribution in [0.3, 0.4) is 0 Å². The van der Waals surface area contributed by atoms with Gasteiger partial charge in [0.2, 0.25) is 0 Å². The fraction of sp³-hybridized carbons (Fsp3) is 0.714. The van der Waals surface area contributed by atoms with Crippen LogP contribution in [0.5, 0.6) is 0 Å². The lowest BCUT2D eigenvalue weighted by molar-refractivity contribution is 0.177. The lowest BCUT2D eigenvalue weighted by Crippen LogP contribution is -2.35. The quantitative estimate of drug-likeness (QED) is 0.666. The monoisotopic (exact) mass is 332 g/mol. The Hall–Kier alpha value is -0.470. The molecule has 1 saturated carbocycles. The SMILES string of the molecule is CCCNCc1ccc(S(=O)(=O)N(CCOC)C2CC2)s1. The standard InChI is InChI=1S/C14H24N2O3S2/c1-3-8-15-11-13-6-7-14(20-13)21(17,18)16(9-10-19-2)12-4-5-12/h6-7,12,15H,3-5,8-11H2,1-2H3. The second kappa shape index (κ2) is 7.69. The number of ether oxygens (including phenoxy) is 1. The largest absolute Gasteiger partial charge is 0.383 e. The first-order valence-electron chi connectivity index (χ1n) is 7.39. The average molecular weight is 332 g/mol. The third-order valence-electron chi connectivity index (χ3n) is 3.40. The molecule has 21 heavy (non-hydrogen) atoms. The Morgan fingerprint density at radius 3 is 2.81 bits per heavy atom. The summed E-state index contributed by atoms with van der Waals surface area (Å²) in [6, 6.07) is 3.79. The van der Waals surface area contributed by atoms with Crippen molar-refractivity contribution >= 4 is 21.4 Å². The first kappa shape index (κ1) is 16.9. The molecule has 1 fully saturated rings. The Labute approximate surface area is 131 Å². The first-order valence-corrected chi connectivity index (χ1v) is 9.65. The van der Waals surface area contributed by atoms with Crippen molar-refractivity contribution in [1.82, 2.24) is 9.62 Å². The van der Waals surface area contributed by atoms with Gasteiger partial charge in [-0.15, -0.1) is 11.3 Å². The van der Waals surface area contributed by atoms with Gasteiger partial charge in [0.15, 0.2) is 0 Å². The average Bonchev–Trinajstić information content (AvgIpc) is 3.16. The Morgan fingerprint density at radius 2 is 2.19 bits per heavy atom. The van der Waals surface area contributed by atoms with Crippen LogP contribution in [0.25, 0.3) is 0 Å². The van der Waals surface area contributed by atoms with Crippen molar-refractivity contribution in [3.05, 3.63) is 17.0 Å². The summed E-state index contributed by atoms with van der Waals surface area (Å²) in [5.74, 6) is 0. The summed E-state index contributed by atoms with van der Waals surface area (Å²) in [4.78, 5) is 1.06. The van der Waals surface area contributed by atoms with E-state index in [0.29, 0.717) is 17.4 Å². The number of thiophene rings is 1. The van der Waals surface area contributed by atoms with Crippen LogP contribution in [0.1, 0.15) is 31.1 Å². The Kier molecular flexibility index (Phi) is 6.19. The Morgan fingerprint density at radius 1 is 1.43 bits per heavy atom. The molecular formula is C14H24N2O3S2. The van der Waals surface area contributed by atoms with Crippen molar-refractivity contribution in [2.24, 2.45) is 0 Å². The molecule has 0 atom stereocenters. The molecule has 5 nitrogen and oxygen atoms in total. The summed E-state index contributed by atoms with van der Waals surface area (Å²) in [5, 5.41) is 3.30. The highest BCUT2D eigenvalue weighted by Gasteiger charge is 2.38. The van der Waals surface area contributed by atoms with Crippen LogP contribution in [0.2, 0.25) is 0 Å². The third kappa shape index (κ3) is 4.50. The molecule has 1 aromatic heterocycles. The van der Waals surface area contributed by atoms with Gasteiger partial charge in [-0.05, 0) is 37.9 Å². The molecule has 1 aliphatic rings. The highest BCUT2D eigenvalue weighted by atomic mass is 32.2. The third-order valence-corrected chi connectivity index (χ3v) is 6.90. The number of hydrogen-bond acceptors (Lipinski definition) is 5. The van der Waals surface area contributed by atoms with E-state index in [4.69, 9.17) is 4.74 Å². The molecule has 0 amide bonds. The Balaban J connectivity index is 2.06. The lowest BCUT2D eigenvalue weighted by Gasteiger charge is -2.20. The number of methoxy groups -OCH3 is 1. The molecule has 7 heteroatoms. The van der Waals surface area contributed by atoms with Gasteiger partial charge in [-0.25, -0.2) is 8.42 Å². The van der Waals surface area contributed by atoms with Gasteiger partial charge in [-0.2, -0.15) is 4.31 Å². The summed E-state index contributed by atoms with van der Waals surface area (Å²) in [5.41, 5.74) is 0. The smallest absolute Gasteiger partial charge is 0.252 e. The zero-order valence-electron chi connectivity index (χ0n) is 12.7. The predicted molar refractivity (Wildman–Crippen MR) is 85.1 cm³/mol. The maximum absolute atomic E-state index is 12.7. The van der Waals surface area contributed by atoms with Crippen LogP contribution >= 0.6 is 11.3 Å². The van der Waals surface area contributed by atoms with Gasteiger partial charge >= 0.3 is 0 Å². The molecule has 0 unspecified atom stereocenters. The molecule has 0 saturated heterocycles. The first-order chi connectivity index (χ1) is 10.1. The minimum atomic E-state index is -3.38. The van der Waals surface area contributed by atoms with E-state index in [9.17, 15) is 8.42 Å². The molecule has 0 radical (unpaired) electrons. The van der Waals surface area contributed by atoms with Gasteiger partial charge < -0.3 is 10.1 Å². The van der Waals surface area contributed by atoms with Gasteiger partial charge in [-0.3, -0.25) is 0 Å². The van der Waals surface area contributed by atoms with Crippen molar-refractivity contribution in [3.8, 4) is 0 Å². The maximum Gasteiger partial charge on any atom is 0.252 e. The minimum Gasteiger partial charge on any atom is -0.383 e. The molecule has 2 rings (SSSR count).